The smallest absolute Gasteiger partial charge is 0.243 e. The number of halogens is 1. The van der Waals surface area contributed by atoms with E-state index in [0.717, 1.165) is 12.1 Å². The zero-order valence-electron chi connectivity index (χ0n) is 15.5. The Hall–Kier alpha value is -1.15. The van der Waals surface area contributed by atoms with E-state index < -0.39 is 10.0 Å². The third kappa shape index (κ3) is 6.93. The highest BCUT2D eigenvalue weighted by Crippen LogP contribution is 2.17. The lowest BCUT2D eigenvalue weighted by Crippen LogP contribution is -2.32. The zero-order valence-corrected chi connectivity index (χ0v) is 17.1. The molecule has 144 valence electrons. The largest absolute Gasteiger partial charge is 0.344 e. The molecule has 1 N–H and O–H groups in total. The van der Waals surface area contributed by atoms with Crippen LogP contribution in [0.2, 0.25) is 0 Å². The van der Waals surface area contributed by atoms with Crippen LogP contribution < -0.4 is 5.32 Å². The van der Waals surface area contributed by atoms with Gasteiger partial charge in [0.25, 0.3) is 0 Å². The van der Waals surface area contributed by atoms with Crippen molar-refractivity contribution in [3.63, 3.8) is 0 Å². The highest BCUT2D eigenvalue weighted by molar-refractivity contribution is 7.89. The number of likely N-dealkylation sites (N-methyl/N-ethyl adjacent to an activating group) is 2. The van der Waals surface area contributed by atoms with Crippen molar-refractivity contribution >= 4 is 28.3 Å². The Labute approximate surface area is 158 Å². The van der Waals surface area contributed by atoms with Crippen LogP contribution in [-0.4, -0.2) is 63.8 Å². The fourth-order valence-electron chi connectivity index (χ4n) is 2.39. The van der Waals surface area contributed by atoms with Crippen molar-refractivity contribution in [2.75, 3.05) is 40.3 Å². The second kappa shape index (κ2) is 11.5. The van der Waals surface area contributed by atoms with Crippen molar-refractivity contribution in [1.82, 2.24) is 14.5 Å². The quantitative estimate of drug-likeness (QED) is 0.659. The van der Waals surface area contributed by atoms with Crippen molar-refractivity contribution < 1.29 is 13.2 Å². The Kier molecular flexibility index (Phi) is 10.9. The van der Waals surface area contributed by atoms with Crippen LogP contribution in [0.15, 0.2) is 29.2 Å². The molecule has 1 amide bonds. The highest BCUT2D eigenvalue weighted by atomic mass is 35.5. The van der Waals surface area contributed by atoms with Gasteiger partial charge >= 0.3 is 0 Å². The SMILES string of the molecule is CCN(CC)S(=O)(=O)c1ccc(CCC(=O)N(C)CCNC)cc1.Cl. The summed E-state index contributed by atoms with van der Waals surface area (Å²) < 4.78 is 26.3. The summed E-state index contributed by atoms with van der Waals surface area (Å²) in [5.74, 6) is 0.0880. The second-order valence-corrected chi connectivity index (χ2v) is 7.59. The number of rotatable bonds is 10. The van der Waals surface area contributed by atoms with Gasteiger partial charge in [0.05, 0.1) is 4.90 Å². The van der Waals surface area contributed by atoms with Gasteiger partial charge < -0.3 is 10.2 Å². The normalized spacial score (nSPS) is 11.2. The maximum Gasteiger partial charge on any atom is 0.243 e. The molecule has 1 aromatic rings. The van der Waals surface area contributed by atoms with E-state index in [9.17, 15) is 13.2 Å². The number of carbonyl (C=O) groups is 1. The minimum Gasteiger partial charge on any atom is -0.344 e. The van der Waals surface area contributed by atoms with Gasteiger partial charge in [0, 0.05) is 39.6 Å². The summed E-state index contributed by atoms with van der Waals surface area (Å²) in [6, 6.07) is 6.82. The van der Waals surface area contributed by atoms with Crippen LogP contribution in [0.1, 0.15) is 25.8 Å². The zero-order chi connectivity index (χ0) is 18.2. The van der Waals surface area contributed by atoms with Gasteiger partial charge in [0.1, 0.15) is 0 Å². The van der Waals surface area contributed by atoms with Crippen LogP contribution in [0.4, 0.5) is 0 Å². The second-order valence-electron chi connectivity index (χ2n) is 5.65. The third-order valence-corrected chi connectivity index (χ3v) is 6.08. The molecule has 0 fully saturated rings. The van der Waals surface area contributed by atoms with Gasteiger partial charge in [0.15, 0.2) is 0 Å². The third-order valence-electron chi connectivity index (χ3n) is 4.02. The molecule has 0 saturated heterocycles. The van der Waals surface area contributed by atoms with Gasteiger partial charge in [-0.2, -0.15) is 4.31 Å². The van der Waals surface area contributed by atoms with E-state index >= 15 is 0 Å². The Balaban J connectivity index is 0.00000576. The lowest BCUT2D eigenvalue weighted by Gasteiger charge is -2.18. The van der Waals surface area contributed by atoms with E-state index in [-0.39, 0.29) is 18.3 Å². The van der Waals surface area contributed by atoms with Gasteiger partial charge in [-0.15, -0.1) is 12.4 Å². The van der Waals surface area contributed by atoms with Crippen LogP contribution in [0, 0.1) is 0 Å². The van der Waals surface area contributed by atoms with Gasteiger partial charge in [-0.1, -0.05) is 26.0 Å². The Morgan fingerprint density at radius 1 is 1.12 bits per heavy atom. The fourth-order valence-corrected chi connectivity index (χ4v) is 3.85. The maximum atomic E-state index is 12.4. The molecule has 25 heavy (non-hydrogen) atoms. The number of amides is 1. The van der Waals surface area contributed by atoms with Crippen LogP contribution in [0.3, 0.4) is 0 Å². The topological polar surface area (TPSA) is 69.7 Å². The molecule has 0 radical (unpaired) electrons. The van der Waals surface area contributed by atoms with Crippen molar-refractivity contribution in [3.05, 3.63) is 29.8 Å². The summed E-state index contributed by atoms with van der Waals surface area (Å²) in [5, 5.41) is 3.01. The van der Waals surface area contributed by atoms with Gasteiger partial charge in [0.2, 0.25) is 15.9 Å². The number of nitrogens with zero attached hydrogens (tertiary/aromatic N) is 2. The summed E-state index contributed by atoms with van der Waals surface area (Å²) in [7, 11) is 0.223. The molecule has 0 atom stereocenters. The van der Waals surface area contributed by atoms with E-state index in [0.29, 0.717) is 37.4 Å². The van der Waals surface area contributed by atoms with Crippen LogP contribution in [-0.2, 0) is 21.2 Å². The van der Waals surface area contributed by atoms with Crippen molar-refractivity contribution in [2.45, 2.75) is 31.6 Å². The number of benzene rings is 1. The standard InChI is InChI=1S/C17H29N3O3S.ClH/c1-5-20(6-2)24(22,23)16-10-7-15(8-11-16)9-12-17(21)19(4)14-13-18-3;/h7-8,10-11,18H,5-6,9,12-14H2,1-4H3;1H. The van der Waals surface area contributed by atoms with Gasteiger partial charge in [-0.05, 0) is 31.2 Å². The number of sulfonamides is 1. The lowest BCUT2D eigenvalue weighted by atomic mass is 10.1. The molecule has 8 heteroatoms. The number of nitrogens with one attached hydrogen (secondary N) is 1. The van der Waals surface area contributed by atoms with Crippen LogP contribution in [0.25, 0.3) is 0 Å². The number of hydrogen-bond donors (Lipinski definition) is 1. The first-order valence-corrected chi connectivity index (χ1v) is 9.78. The predicted molar refractivity (Wildman–Crippen MR) is 104 cm³/mol. The summed E-state index contributed by atoms with van der Waals surface area (Å²) in [5.41, 5.74) is 0.962. The number of carbonyl (C=O) groups excluding carboxylic acids is 1. The molecule has 0 aliphatic carbocycles. The van der Waals surface area contributed by atoms with Crippen molar-refractivity contribution in [3.8, 4) is 0 Å². The molecule has 0 unspecified atom stereocenters. The lowest BCUT2D eigenvalue weighted by molar-refractivity contribution is -0.129. The number of hydrogen-bond acceptors (Lipinski definition) is 4. The summed E-state index contributed by atoms with van der Waals surface area (Å²) in [6.45, 7) is 6.00. The predicted octanol–water partition coefficient (Wildman–Crippen LogP) is 1.75. The molecule has 0 aliphatic rings. The molecule has 1 aromatic carbocycles. The fraction of sp³-hybridized carbons (Fsp3) is 0.588. The first-order chi connectivity index (χ1) is 11.4. The Morgan fingerprint density at radius 2 is 1.68 bits per heavy atom. The summed E-state index contributed by atoms with van der Waals surface area (Å²) in [4.78, 5) is 14.0. The van der Waals surface area contributed by atoms with E-state index in [1.807, 2.05) is 20.9 Å². The van der Waals surface area contributed by atoms with Crippen molar-refractivity contribution in [1.29, 1.82) is 0 Å². The monoisotopic (exact) mass is 391 g/mol. The molecule has 0 aliphatic heterocycles. The van der Waals surface area contributed by atoms with Crippen LogP contribution >= 0.6 is 12.4 Å². The molecule has 0 saturated carbocycles. The van der Waals surface area contributed by atoms with E-state index in [1.54, 1.807) is 36.2 Å². The Morgan fingerprint density at radius 3 is 2.16 bits per heavy atom. The maximum absolute atomic E-state index is 12.4. The van der Waals surface area contributed by atoms with E-state index in [2.05, 4.69) is 5.32 Å². The van der Waals surface area contributed by atoms with E-state index in [4.69, 9.17) is 0 Å². The average molecular weight is 392 g/mol. The van der Waals surface area contributed by atoms with E-state index in [1.165, 1.54) is 4.31 Å². The molecular formula is C17H30ClN3O3S. The molecular weight excluding hydrogens is 362 g/mol. The minimum atomic E-state index is -3.42. The van der Waals surface area contributed by atoms with Gasteiger partial charge in [-0.3, -0.25) is 4.79 Å². The molecule has 1 rings (SSSR count). The highest BCUT2D eigenvalue weighted by Gasteiger charge is 2.21. The molecule has 0 bridgehead atoms. The average Bonchev–Trinajstić information content (AvgIpc) is 2.58. The molecule has 0 aromatic heterocycles. The minimum absolute atomic E-state index is 0. The molecule has 0 heterocycles. The summed E-state index contributed by atoms with van der Waals surface area (Å²) in [6.07, 6.45) is 1.02. The summed E-state index contributed by atoms with van der Waals surface area (Å²) >= 11 is 0. The first-order valence-electron chi connectivity index (χ1n) is 8.34. The molecule has 6 nitrogen and oxygen atoms in total. The van der Waals surface area contributed by atoms with Gasteiger partial charge in [-0.25, -0.2) is 8.42 Å². The first kappa shape index (κ1) is 23.9. The van der Waals surface area contributed by atoms with Crippen molar-refractivity contribution in [2.24, 2.45) is 0 Å². The number of aryl methyl sites for hydroxylation is 1. The Bertz CT molecular complexity index is 617. The molecule has 0 spiro atoms. The van der Waals surface area contributed by atoms with Crippen LogP contribution in [0.5, 0.6) is 0 Å².